The quantitative estimate of drug-likeness (QED) is 0.741. The molecule has 1 fully saturated rings. The molecule has 1 saturated heterocycles. The Kier molecular flexibility index (Phi) is 6.70. The Labute approximate surface area is 163 Å². The van der Waals surface area contributed by atoms with Gasteiger partial charge in [-0.05, 0) is 29.3 Å². The van der Waals surface area contributed by atoms with Crippen molar-refractivity contribution in [2.24, 2.45) is 0 Å². The minimum atomic E-state index is -0.518. The Balaban J connectivity index is 1.75. The Hall–Kier alpha value is -2.81. The summed E-state index contributed by atoms with van der Waals surface area (Å²) in [6, 6.07) is 10.3. The Morgan fingerprint density at radius 2 is 2.14 bits per heavy atom. The number of hydrogen-bond acceptors (Lipinski definition) is 6. The first-order valence-electron chi connectivity index (χ1n) is 8.92. The summed E-state index contributed by atoms with van der Waals surface area (Å²) in [4.78, 5) is 29.7. The summed E-state index contributed by atoms with van der Waals surface area (Å²) >= 11 is 0. The second kappa shape index (κ2) is 9.41. The molecule has 0 radical (unpaired) electrons. The van der Waals surface area contributed by atoms with E-state index in [9.17, 15) is 14.7 Å². The molecule has 2 aromatic rings. The Morgan fingerprint density at radius 3 is 2.79 bits per heavy atom. The van der Waals surface area contributed by atoms with Gasteiger partial charge in [-0.15, -0.1) is 0 Å². The number of nitrogens with one attached hydrogen (secondary N) is 1. The average molecular weight is 385 g/mol. The zero-order valence-electron chi connectivity index (χ0n) is 15.6. The third kappa shape index (κ3) is 4.72. The maximum atomic E-state index is 12.4. The van der Waals surface area contributed by atoms with Gasteiger partial charge in [0.15, 0.2) is 0 Å². The number of methoxy groups -OCH3 is 1. The fourth-order valence-corrected chi connectivity index (χ4v) is 3.19. The van der Waals surface area contributed by atoms with Crippen molar-refractivity contribution in [1.29, 1.82) is 0 Å². The lowest BCUT2D eigenvalue weighted by Gasteiger charge is -2.40. The number of pyridine rings is 1. The van der Waals surface area contributed by atoms with Crippen LogP contribution in [0.15, 0.2) is 48.8 Å². The highest BCUT2D eigenvalue weighted by molar-refractivity contribution is 5.91. The number of anilines is 1. The van der Waals surface area contributed by atoms with E-state index in [0.29, 0.717) is 12.2 Å². The molecule has 1 aromatic carbocycles. The summed E-state index contributed by atoms with van der Waals surface area (Å²) in [5.41, 5.74) is 2.32. The molecular weight excluding hydrogens is 362 g/mol. The first kappa shape index (κ1) is 19.9. The van der Waals surface area contributed by atoms with Crippen molar-refractivity contribution in [2.45, 2.75) is 18.7 Å². The largest absolute Gasteiger partial charge is 0.394 e. The Bertz CT molecular complexity index is 797. The minimum absolute atomic E-state index is 0.0223. The number of morpholine rings is 1. The monoisotopic (exact) mass is 385 g/mol. The first-order valence-corrected chi connectivity index (χ1v) is 8.92. The van der Waals surface area contributed by atoms with Gasteiger partial charge in [0.05, 0.1) is 12.6 Å². The molecule has 0 bridgehead atoms. The van der Waals surface area contributed by atoms with E-state index in [1.54, 1.807) is 29.4 Å². The number of aliphatic hydroxyl groups excluding tert-OH is 1. The predicted molar refractivity (Wildman–Crippen MR) is 101 cm³/mol. The van der Waals surface area contributed by atoms with Crippen LogP contribution in [0.4, 0.5) is 5.69 Å². The van der Waals surface area contributed by atoms with Crippen molar-refractivity contribution >= 4 is 17.5 Å². The lowest BCUT2D eigenvalue weighted by atomic mass is 9.98. The van der Waals surface area contributed by atoms with E-state index >= 15 is 0 Å². The van der Waals surface area contributed by atoms with Crippen molar-refractivity contribution in [3.8, 4) is 0 Å². The van der Waals surface area contributed by atoms with E-state index in [-0.39, 0.29) is 31.6 Å². The number of aliphatic hydroxyl groups is 1. The zero-order valence-corrected chi connectivity index (χ0v) is 15.6. The van der Waals surface area contributed by atoms with Gasteiger partial charge < -0.3 is 24.8 Å². The molecule has 2 atom stereocenters. The van der Waals surface area contributed by atoms with Crippen molar-refractivity contribution < 1.29 is 24.2 Å². The van der Waals surface area contributed by atoms with Crippen LogP contribution in [0, 0.1) is 0 Å². The molecule has 0 aliphatic carbocycles. The molecule has 148 valence electrons. The summed E-state index contributed by atoms with van der Waals surface area (Å²) in [5, 5.41) is 12.7. The zero-order chi connectivity index (χ0) is 19.9. The topological polar surface area (TPSA) is 101 Å². The summed E-state index contributed by atoms with van der Waals surface area (Å²) in [6.07, 6.45) is 2.90. The molecule has 2 amide bonds. The van der Waals surface area contributed by atoms with Crippen molar-refractivity contribution in [1.82, 2.24) is 9.88 Å². The standard InChI is InChI=1S/C20H23N3O5/c1-27-12-18(25)22-16-6-4-15(5-7-16)20-17(11-24)23(19(26)13-28-20)10-14-3-2-8-21-9-14/h2-9,17,20,24H,10-13H2,1H3,(H,22,25)/t17-,20-/m1/s1. The van der Waals surface area contributed by atoms with Crippen LogP contribution < -0.4 is 5.32 Å². The molecule has 28 heavy (non-hydrogen) atoms. The number of rotatable bonds is 7. The van der Waals surface area contributed by atoms with Gasteiger partial charge in [-0.3, -0.25) is 14.6 Å². The number of nitrogens with zero attached hydrogens (tertiary/aromatic N) is 2. The van der Waals surface area contributed by atoms with Crippen LogP contribution in [0.25, 0.3) is 0 Å². The SMILES string of the molecule is COCC(=O)Nc1ccc([C@H]2OCC(=O)N(Cc3cccnc3)[C@@H]2CO)cc1. The van der Waals surface area contributed by atoms with Crippen molar-refractivity contribution in [2.75, 3.05) is 32.2 Å². The second-order valence-electron chi connectivity index (χ2n) is 6.47. The number of amides is 2. The number of carbonyl (C=O) groups excluding carboxylic acids is 2. The van der Waals surface area contributed by atoms with Gasteiger partial charge in [-0.2, -0.15) is 0 Å². The van der Waals surface area contributed by atoms with Crippen LogP contribution >= 0.6 is 0 Å². The fourth-order valence-electron chi connectivity index (χ4n) is 3.19. The Morgan fingerprint density at radius 1 is 1.36 bits per heavy atom. The van der Waals surface area contributed by atoms with Crippen molar-refractivity contribution in [3.63, 3.8) is 0 Å². The normalized spacial score (nSPS) is 19.5. The summed E-state index contributed by atoms with van der Waals surface area (Å²) in [6.45, 7) is 0.0329. The van der Waals surface area contributed by atoms with E-state index in [0.717, 1.165) is 11.1 Å². The van der Waals surface area contributed by atoms with Gasteiger partial charge in [0, 0.05) is 31.7 Å². The van der Waals surface area contributed by atoms with Gasteiger partial charge in [-0.25, -0.2) is 0 Å². The lowest BCUT2D eigenvalue weighted by Crippen LogP contribution is -2.52. The molecule has 8 nitrogen and oxygen atoms in total. The maximum Gasteiger partial charge on any atom is 0.250 e. The molecule has 8 heteroatoms. The molecule has 2 heterocycles. The predicted octanol–water partition coefficient (Wildman–Crippen LogP) is 1.13. The van der Waals surface area contributed by atoms with Gasteiger partial charge in [0.25, 0.3) is 0 Å². The smallest absolute Gasteiger partial charge is 0.250 e. The number of carbonyl (C=O) groups is 2. The van der Waals surface area contributed by atoms with Gasteiger partial charge in [0.1, 0.15) is 19.3 Å². The van der Waals surface area contributed by atoms with Crippen molar-refractivity contribution in [3.05, 3.63) is 59.9 Å². The molecule has 2 N–H and O–H groups in total. The van der Waals surface area contributed by atoms with E-state index in [2.05, 4.69) is 10.3 Å². The van der Waals surface area contributed by atoms with Crippen LogP contribution in [0.5, 0.6) is 0 Å². The number of aromatic nitrogens is 1. The maximum absolute atomic E-state index is 12.4. The molecule has 3 rings (SSSR count). The van der Waals surface area contributed by atoms with E-state index in [1.807, 2.05) is 24.3 Å². The van der Waals surface area contributed by atoms with Crippen LogP contribution in [-0.2, 0) is 25.6 Å². The number of hydrogen-bond donors (Lipinski definition) is 2. The number of benzene rings is 1. The third-order valence-corrected chi connectivity index (χ3v) is 4.52. The molecule has 1 aliphatic heterocycles. The van der Waals surface area contributed by atoms with Crippen LogP contribution in [0.2, 0.25) is 0 Å². The number of ether oxygens (including phenoxy) is 2. The van der Waals surface area contributed by atoms with E-state index in [4.69, 9.17) is 9.47 Å². The molecule has 0 unspecified atom stereocenters. The highest BCUT2D eigenvalue weighted by Crippen LogP contribution is 2.30. The molecule has 1 aromatic heterocycles. The third-order valence-electron chi connectivity index (χ3n) is 4.52. The van der Waals surface area contributed by atoms with E-state index in [1.165, 1.54) is 7.11 Å². The first-order chi connectivity index (χ1) is 13.6. The average Bonchev–Trinajstić information content (AvgIpc) is 2.71. The van der Waals surface area contributed by atoms with E-state index < -0.39 is 12.1 Å². The lowest BCUT2D eigenvalue weighted by molar-refractivity contribution is -0.162. The van der Waals surface area contributed by atoms with Crippen LogP contribution in [-0.4, -0.2) is 59.8 Å². The summed E-state index contributed by atoms with van der Waals surface area (Å²) < 4.78 is 10.5. The highest BCUT2D eigenvalue weighted by Gasteiger charge is 2.37. The molecular formula is C20H23N3O5. The molecule has 1 aliphatic rings. The van der Waals surface area contributed by atoms with Gasteiger partial charge in [0.2, 0.25) is 11.8 Å². The summed E-state index contributed by atoms with van der Waals surface area (Å²) in [7, 11) is 1.46. The van der Waals surface area contributed by atoms with Crippen LogP contribution in [0.1, 0.15) is 17.2 Å². The second-order valence-corrected chi connectivity index (χ2v) is 6.47. The fraction of sp³-hybridized carbons (Fsp3) is 0.350. The highest BCUT2D eigenvalue weighted by atomic mass is 16.5. The van der Waals surface area contributed by atoms with Gasteiger partial charge >= 0.3 is 0 Å². The minimum Gasteiger partial charge on any atom is -0.394 e. The summed E-state index contributed by atoms with van der Waals surface area (Å²) in [5.74, 6) is -0.423. The molecule has 0 saturated carbocycles. The van der Waals surface area contributed by atoms with Crippen LogP contribution in [0.3, 0.4) is 0 Å². The van der Waals surface area contributed by atoms with Gasteiger partial charge in [-0.1, -0.05) is 18.2 Å². The molecule has 0 spiro atoms.